The Morgan fingerprint density at radius 3 is 2.94 bits per heavy atom. The van der Waals surface area contributed by atoms with Crippen LogP contribution >= 0.6 is 0 Å². The van der Waals surface area contributed by atoms with Crippen molar-refractivity contribution in [3.8, 4) is 0 Å². The highest BCUT2D eigenvalue weighted by molar-refractivity contribution is 5.81. The van der Waals surface area contributed by atoms with Gasteiger partial charge >= 0.3 is 0 Å². The van der Waals surface area contributed by atoms with Crippen LogP contribution in [0.15, 0.2) is 24.4 Å². The lowest BCUT2D eigenvalue weighted by atomic mass is 10.2. The van der Waals surface area contributed by atoms with Gasteiger partial charge in [-0.3, -0.25) is 4.68 Å². The SMILES string of the molecule is Nc1ccc2cnn(CCCCCO)c2c1. The lowest BCUT2D eigenvalue weighted by Crippen LogP contribution is -2.00. The van der Waals surface area contributed by atoms with E-state index in [0.717, 1.165) is 42.4 Å². The van der Waals surface area contributed by atoms with Crippen molar-refractivity contribution < 1.29 is 5.11 Å². The van der Waals surface area contributed by atoms with E-state index in [-0.39, 0.29) is 6.61 Å². The Morgan fingerprint density at radius 1 is 1.25 bits per heavy atom. The van der Waals surface area contributed by atoms with E-state index in [1.165, 1.54) is 0 Å². The highest BCUT2D eigenvalue weighted by atomic mass is 16.2. The first-order valence-electron chi connectivity index (χ1n) is 5.63. The molecule has 0 aliphatic heterocycles. The number of hydrogen-bond donors (Lipinski definition) is 2. The van der Waals surface area contributed by atoms with Crippen LogP contribution in [-0.4, -0.2) is 21.5 Å². The van der Waals surface area contributed by atoms with Gasteiger partial charge in [-0.25, -0.2) is 0 Å². The Balaban J connectivity index is 2.09. The Morgan fingerprint density at radius 2 is 2.12 bits per heavy atom. The van der Waals surface area contributed by atoms with E-state index in [1.807, 2.05) is 29.1 Å². The number of aryl methyl sites for hydroxylation is 1. The van der Waals surface area contributed by atoms with E-state index in [4.69, 9.17) is 10.8 Å². The van der Waals surface area contributed by atoms with Crippen LogP contribution in [0.1, 0.15) is 19.3 Å². The number of nitrogens with zero attached hydrogens (tertiary/aromatic N) is 2. The van der Waals surface area contributed by atoms with Gasteiger partial charge in [-0.2, -0.15) is 5.10 Å². The van der Waals surface area contributed by atoms with Gasteiger partial charge in [0.2, 0.25) is 0 Å². The molecule has 4 nitrogen and oxygen atoms in total. The van der Waals surface area contributed by atoms with Crippen molar-refractivity contribution in [2.24, 2.45) is 0 Å². The maximum Gasteiger partial charge on any atom is 0.0702 e. The fourth-order valence-electron chi connectivity index (χ4n) is 1.82. The molecular weight excluding hydrogens is 202 g/mol. The zero-order chi connectivity index (χ0) is 11.4. The minimum Gasteiger partial charge on any atom is -0.399 e. The molecule has 0 radical (unpaired) electrons. The van der Waals surface area contributed by atoms with Gasteiger partial charge in [-0.05, 0) is 37.5 Å². The van der Waals surface area contributed by atoms with Crippen LogP contribution in [0.3, 0.4) is 0 Å². The van der Waals surface area contributed by atoms with Crippen LogP contribution in [0.25, 0.3) is 10.9 Å². The molecule has 2 aromatic rings. The number of fused-ring (bicyclic) bond motifs is 1. The molecule has 0 unspecified atom stereocenters. The van der Waals surface area contributed by atoms with Gasteiger partial charge in [0.25, 0.3) is 0 Å². The summed E-state index contributed by atoms with van der Waals surface area (Å²) in [5, 5.41) is 14.1. The van der Waals surface area contributed by atoms with Gasteiger partial charge in [-0.15, -0.1) is 0 Å². The van der Waals surface area contributed by atoms with E-state index >= 15 is 0 Å². The Hall–Kier alpha value is -1.55. The van der Waals surface area contributed by atoms with Crippen molar-refractivity contribution >= 4 is 16.6 Å². The van der Waals surface area contributed by atoms with Crippen LogP contribution < -0.4 is 5.73 Å². The monoisotopic (exact) mass is 219 g/mol. The highest BCUT2D eigenvalue weighted by Gasteiger charge is 2.02. The summed E-state index contributed by atoms with van der Waals surface area (Å²) in [6, 6.07) is 5.83. The minimum absolute atomic E-state index is 0.271. The smallest absolute Gasteiger partial charge is 0.0702 e. The van der Waals surface area contributed by atoms with Gasteiger partial charge in [0, 0.05) is 24.2 Å². The highest BCUT2D eigenvalue weighted by Crippen LogP contribution is 2.17. The zero-order valence-corrected chi connectivity index (χ0v) is 9.26. The van der Waals surface area contributed by atoms with Crippen LogP contribution in [0.5, 0.6) is 0 Å². The lowest BCUT2D eigenvalue weighted by molar-refractivity contribution is 0.281. The number of hydrogen-bond acceptors (Lipinski definition) is 3. The first kappa shape index (κ1) is 11.0. The molecule has 0 spiro atoms. The maximum absolute atomic E-state index is 8.69. The Bertz CT molecular complexity index is 464. The molecule has 0 amide bonds. The quantitative estimate of drug-likeness (QED) is 0.595. The third-order valence-corrected chi connectivity index (χ3v) is 2.70. The fourth-order valence-corrected chi connectivity index (χ4v) is 1.82. The number of aromatic nitrogens is 2. The van der Waals surface area contributed by atoms with Gasteiger partial charge in [0.05, 0.1) is 11.7 Å². The molecular formula is C12H17N3O. The van der Waals surface area contributed by atoms with Crippen molar-refractivity contribution in [1.82, 2.24) is 9.78 Å². The molecule has 86 valence electrons. The van der Waals surface area contributed by atoms with Crippen molar-refractivity contribution in [3.05, 3.63) is 24.4 Å². The number of aliphatic hydroxyl groups is 1. The number of benzene rings is 1. The summed E-state index contributed by atoms with van der Waals surface area (Å²) in [5.74, 6) is 0. The number of nitrogen functional groups attached to an aromatic ring is 1. The standard InChI is InChI=1S/C12H17N3O/c13-11-5-4-10-9-14-15(12(10)8-11)6-2-1-3-7-16/h4-5,8-9,16H,1-3,6-7,13H2. The number of aliphatic hydroxyl groups excluding tert-OH is 1. The molecule has 0 atom stereocenters. The van der Waals surface area contributed by atoms with Crippen LogP contribution in [0, 0.1) is 0 Å². The molecule has 0 aliphatic rings. The molecule has 0 saturated carbocycles. The predicted octanol–water partition coefficient (Wildman–Crippen LogP) is 1.78. The number of rotatable bonds is 5. The van der Waals surface area contributed by atoms with Crippen molar-refractivity contribution in [2.75, 3.05) is 12.3 Å². The summed E-state index contributed by atoms with van der Waals surface area (Å²) >= 11 is 0. The first-order valence-corrected chi connectivity index (χ1v) is 5.63. The number of nitrogens with two attached hydrogens (primary N) is 1. The average molecular weight is 219 g/mol. The first-order chi connectivity index (χ1) is 7.81. The van der Waals surface area contributed by atoms with Crippen LogP contribution in [0.2, 0.25) is 0 Å². The third kappa shape index (κ3) is 2.33. The summed E-state index contributed by atoms with van der Waals surface area (Å²) in [7, 11) is 0. The summed E-state index contributed by atoms with van der Waals surface area (Å²) in [6.07, 6.45) is 4.79. The molecule has 16 heavy (non-hydrogen) atoms. The second-order valence-corrected chi connectivity index (χ2v) is 3.97. The van der Waals surface area contributed by atoms with Crippen molar-refractivity contribution in [3.63, 3.8) is 0 Å². The minimum atomic E-state index is 0.271. The molecule has 0 fully saturated rings. The summed E-state index contributed by atoms with van der Waals surface area (Å²) in [6.45, 7) is 1.15. The second-order valence-electron chi connectivity index (χ2n) is 3.97. The number of unbranched alkanes of at least 4 members (excludes halogenated alkanes) is 2. The topological polar surface area (TPSA) is 64.1 Å². The molecule has 2 rings (SSSR count). The molecule has 1 aromatic heterocycles. The van der Waals surface area contributed by atoms with E-state index in [1.54, 1.807) is 0 Å². The molecule has 0 aliphatic carbocycles. The number of anilines is 1. The van der Waals surface area contributed by atoms with Crippen LogP contribution in [0.4, 0.5) is 5.69 Å². The fraction of sp³-hybridized carbons (Fsp3) is 0.417. The second kappa shape index (κ2) is 4.99. The molecule has 0 saturated heterocycles. The van der Waals surface area contributed by atoms with Crippen LogP contribution in [-0.2, 0) is 6.54 Å². The summed E-state index contributed by atoms with van der Waals surface area (Å²) in [4.78, 5) is 0. The zero-order valence-electron chi connectivity index (χ0n) is 9.26. The Kier molecular flexibility index (Phi) is 3.41. The third-order valence-electron chi connectivity index (χ3n) is 2.70. The van der Waals surface area contributed by atoms with E-state index in [2.05, 4.69) is 5.10 Å². The largest absolute Gasteiger partial charge is 0.399 e. The molecule has 0 bridgehead atoms. The molecule has 1 aromatic carbocycles. The predicted molar refractivity (Wildman–Crippen MR) is 65.1 cm³/mol. The molecule has 4 heteroatoms. The van der Waals surface area contributed by atoms with Gasteiger partial charge in [0.1, 0.15) is 0 Å². The summed E-state index contributed by atoms with van der Waals surface area (Å²) < 4.78 is 1.98. The summed E-state index contributed by atoms with van der Waals surface area (Å²) in [5.41, 5.74) is 7.61. The van der Waals surface area contributed by atoms with Gasteiger partial charge < -0.3 is 10.8 Å². The maximum atomic E-state index is 8.69. The lowest BCUT2D eigenvalue weighted by Gasteiger charge is -2.03. The van der Waals surface area contributed by atoms with Gasteiger partial charge in [-0.1, -0.05) is 0 Å². The van der Waals surface area contributed by atoms with E-state index in [0.29, 0.717) is 0 Å². The van der Waals surface area contributed by atoms with E-state index < -0.39 is 0 Å². The normalized spacial score (nSPS) is 11.1. The molecule has 3 N–H and O–H groups in total. The average Bonchev–Trinajstić information content (AvgIpc) is 2.67. The van der Waals surface area contributed by atoms with Crippen molar-refractivity contribution in [2.45, 2.75) is 25.8 Å². The molecule has 1 heterocycles. The van der Waals surface area contributed by atoms with E-state index in [9.17, 15) is 0 Å². The van der Waals surface area contributed by atoms with Gasteiger partial charge in [0.15, 0.2) is 0 Å². The Labute approximate surface area is 94.7 Å². The van der Waals surface area contributed by atoms with Crippen molar-refractivity contribution in [1.29, 1.82) is 0 Å².